The molecule has 0 aliphatic carbocycles. The van der Waals surface area contributed by atoms with Crippen LogP contribution in [-0.4, -0.2) is 24.5 Å². The number of carbonyl (C=O) groups is 1. The molecular weight excluding hydrogens is 176 g/mol. The summed E-state index contributed by atoms with van der Waals surface area (Å²) in [5.74, 6) is 0.878. The minimum absolute atomic E-state index is 0.163. The van der Waals surface area contributed by atoms with Crippen LogP contribution >= 0.6 is 0 Å². The van der Waals surface area contributed by atoms with Crippen LogP contribution in [0.3, 0.4) is 0 Å². The van der Waals surface area contributed by atoms with Gasteiger partial charge in [-0.15, -0.1) is 0 Å². The summed E-state index contributed by atoms with van der Waals surface area (Å²) in [5, 5.41) is 6.36. The summed E-state index contributed by atoms with van der Waals surface area (Å²) >= 11 is 0. The summed E-state index contributed by atoms with van der Waals surface area (Å²) in [5.41, 5.74) is 0. The first-order valence-corrected chi connectivity index (χ1v) is 5.56. The Hall–Kier alpha value is -0.570. The number of amides is 1. The Kier molecular flexibility index (Phi) is 3.93. The van der Waals surface area contributed by atoms with Crippen LogP contribution in [0.2, 0.25) is 0 Å². The highest BCUT2D eigenvalue weighted by atomic mass is 16.2. The minimum Gasteiger partial charge on any atom is -0.353 e. The van der Waals surface area contributed by atoms with E-state index in [-0.39, 0.29) is 17.9 Å². The number of hydrogen-bond donors (Lipinski definition) is 2. The monoisotopic (exact) mass is 198 g/mol. The fraction of sp³-hybridized carbons (Fsp3) is 0.909. The lowest BCUT2D eigenvalue weighted by Crippen LogP contribution is -2.42. The third kappa shape index (κ3) is 2.71. The summed E-state index contributed by atoms with van der Waals surface area (Å²) in [7, 11) is 0. The van der Waals surface area contributed by atoms with Gasteiger partial charge in [-0.25, -0.2) is 0 Å². The van der Waals surface area contributed by atoms with Crippen molar-refractivity contribution >= 4 is 5.91 Å². The van der Waals surface area contributed by atoms with Crippen molar-refractivity contribution < 1.29 is 4.79 Å². The van der Waals surface area contributed by atoms with Gasteiger partial charge in [-0.1, -0.05) is 13.8 Å². The van der Waals surface area contributed by atoms with E-state index in [1.165, 1.54) is 0 Å². The average Bonchev–Trinajstić information content (AvgIpc) is 2.51. The molecule has 0 bridgehead atoms. The van der Waals surface area contributed by atoms with Crippen molar-refractivity contribution in [2.45, 2.75) is 46.2 Å². The summed E-state index contributed by atoms with van der Waals surface area (Å²) in [6.45, 7) is 9.37. The van der Waals surface area contributed by atoms with Gasteiger partial charge in [-0.3, -0.25) is 4.79 Å². The van der Waals surface area contributed by atoms with E-state index >= 15 is 0 Å². The van der Waals surface area contributed by atoms with E-state index in [4.69, 9.17) is 0 Å². The van der Waals surface area contributed by atoms with Crippen molar-refractivity contribution in [1.82, 2.24) is 10.6 Å². The van der Waals surface area contributed by atoms with Crippen LogP contribution < -0.4 is 10.6 Å². The molecule has 0 aromatic heterocycles. The third-order valence-electron chi connectivity index (χ3n) is 3.23. The molecule has 1 rings (SSSR count). The molecule has 1 aliphatic rings. The van der Waals surface area contributed by atoms with E-state index in [2.05, 4.69) is 38.3 Å². The molecule has 2 N–H and O–H groups in total. The van der Waals surface area contributed by atoms with Gasteiger partial charge in [-0.05, 0) is 32.7 Å². The molecule has 1 amide bonds. The van der Waals surface area contributed by atoms with Crippen molar-refractivity contribution in [1.29, 1.82) is 0 Å². The van der Waals surface area contributed by atoms with E-state index in [1.54, 1.807) is 0 Å². The predicted octanol–water partition coefficient (Wildman–Crippen LogP) is 1.15. The molecular formula is C11H22N2O. The molecule has 3 nitrogen and oxygen atoms in total. The van der Waals surface area contributed by atoms with Crippen LogP contribution in [0.1, 0.15) is 34.1 Å². The van der Waals surface area contributed by atoms with Gasteiger partial charge in [0, 0.05) is 12.1 Å². The van der Waals surface area contributed by atoms with Gasteiger partial charge in [0.2, 0.25) is 5.91 Å². The second-order valence-electron chi connectivity index (χ2n) is 4.68. The van der Waals surface area contributed by atoms with E-state index in [1.807, 2.05) is 0 Å². The second-order valence-corrected chi connectivity index (χ2v) is 4.68. The molecule has 0 aromatic rings. The largest absolute Gasteiger partial charge is 0.353 e. The maximum absolute atomic E-state index is 11.8. The van der Waals surface area contributed by atoms with E-state index in [9.17, 15) is 4.79 Å². The molecule has 3 atom stereocenters. The number of rotatable bonds is 3. The Bertz CT molecular complexity index is 203. The van der Waals surface area contributed by atoms with Crippen molar-refractivity contribution in [2.75, 3.05) is 6.54 Å². The normalized spacial score (nSPS) is 29.2. The highest BCUT2D eigenvalue weighted by Gasteiger charge is 2.30. The lowest BCUT2D eigenvalue weighted by molar-refractivity contribution is -0.126. The molecule has 0 aromatic carbocycles. The maximum atomic E-state index is 11.8. The molecule has 1 heterocycles. The molecule has 0 saturated carbocycles. The second kappa shape index (κ2) is 4.78. The lowest BCUT2D eigenvalue weighted by Gasteiger charge is -2.21. The molecule has 0 radical (unpaired) electrons. The zero-order valence-electron chi connectivity index (χ0n) is 9.63. The number of nitrogens with one attached hydrogen (secondary N) is 2. The maximum Gasteiger partial charge on any atom is 0.224 e. The van der Waals surface area contributed by atoms with E-state index in [0.29, 0.717) is 12.0 Å². The average molecular weight is 198 g/mol. The van der Waals surface area contributed by atoms with Crippen molar-refractivity contribution in [2.24, 2.45) is 11.8 Å². The Morgan fingerprint density at radius 3 is 2.50 bits per heavy atom. The zero-order chi connectivity index (χ0) is 10.7. The Labute approximate surface area is 86.6 Å². The first-order chi connectivity index (χ1) is 6.52. The molecule has 14 heavy (non-hydrogen) atoms. The van der Waals surface area contributed by atoms with Crippen LogP contribution in [0.15, 0.2) is 0 Å². The Morgan fingerprint density at radius 1 is 1.43 bits per heavy atom. The van der Waals surface area contributed by atoms with Crippen molar-refractivity contribution in [3.63, 3.8) is 0 Å². The van der Waals surface area contributed by atoms with Crippen molar-refractivity contribution in [3.05, 3.63) is 0 Å². The minimum atomic E-state index is 0.163. The van der Waals surface area contributed by atoms with Crippen molar-refractivity contribution in [3.8, 4) is 0 Å². The van der Waals surface area contributed by atoms with Crippen LogP contribution in [0, 0.1) is 11.8 Å². The first-order valence-electron chi connectivity index (χ1n) is 5.56. The van der Waals surface area contributed by atoms with Gasteiger partial charge in [0.05, 0.1) is 5.92 Å². The van der Waals surface area contributed by atoms with Gasteiger partial charge in [0.1, 0.15) is 0 Å². The van der Waals surface area contributed by atoms with Gasteiger partial charge in [-0.2, -0.15) is 0 Å². The third-order valence-corrected chi connectivity index (χ3v) is 3.23. The van der Waals surface area contributed by atoms with Crippen LogP contribution in [0.25, 0.3) is 0 Å². The summed E-state index contributed by atoms with van der Waals surface area (Å²) in [6.07, 6.45) is 0.970. The molecule has 82 valence electrons. The molecule has 3 heteroatoms. The van der Waals surface area contributed by atoms with E-state index < -0.39 is 0 Å². The quantitative estimate of drug-likeness (QED) is 0.714. The van der Waals surface area contributed by atoms with Crippen LogP contribution in [0.5, 0.6) is 0 Å². The van der Waals surface area contributed by atoms with Gasteiger partial charge in [0.15, 0.2) is 0 Å². The standard InChI is InChI=1S/C11H22N2O/c1-7(2)8(3)13-11(14)10-5-6-12-9(10)4/h7-10,12H,5-6H2,1-4H3,(H,13,14). The van der Waals surface area contributed by atoms with Crippen LogP contribution in [0.4, 0.5) is 0 Å². The Balaban J connectivity index is 2.41. The van der Waals surface area contributed by atoms with Gasteiger partial charge in [0.25, 0.3) is 0 Å². The molecule has 3 unspecified atom stereocenters. The molecule has 1 fully saturated rings. The van der Waals surface area contributed by atoms with Gasteiger partial charge >= 0.3 is 0 Å². The first kappa shape index (κ1) is 11.5. The highest BCUT2D eigenvalue weighted by Crippen LogP contribution is 2.15. The van der Waals surface area contributed by atoms with E-state index in [0.717, 1.165) is 13.0 Å². The number of carbonyl (C=O) groups excluding carboxylic acids is 1. The zero-order valence-corrected chi connectivity index (χ0v) is 9.63. The fourth-order valence-electron chi connectivity index (χ4n) is 1.72. The molecule has 1 saturated heterocycles. The summed E-state index contributed by atoms with van der Waals surface area (Å²) in [4.78, 5) is 11.8. The van der Waals surface area contributed by atoms with Gasteiger partial charge < -0.3 is 10.6 Å². The topological polar surface area (TPSA) is 41.1 Å². The predicted molar refractivity (Wildman–Crippen MR) is 58.0 cm³/mol. The molecule has 1 aliphatic heterocycles. The summed E-state index contributed by atoms with van der Waals surface area (Å²) in [6, 6.07) is 0.602. The lowest BCUT2D eigenvalue weighted by atomic mass is 9.99. The molecule has 0 spiro atoms. The fourth-order valence-corrected chi connectivity index (χ4v) is 1.72. The van der Waals surface area contributed by atoms with Crippen LogP contribution in [-0.2, 0) is 4.79 Å². The SMILES string of the molecule is CC(C)C(C)NC(=O)C1CCNC1C. The highest BCUT2D eigenvalue weighted by molar-refractivity contribution is 5.80. The summed E-state index contributed by atoms with van der Waals surface area (Å²) < 4.78 is 0. The number of hydrogen-bond acceptors (Lipinski definition) is 2. The smallest absolute Gasteiger partial charge is 0.224 e. The Morgan fingerprint density at radius 2 is 2.07 bits per heavy atom.